The molecule has 3 rings (SSSR count). The first kappa shape index (κ1) is 17.8. The summed E-state index contributed by atoms with van der Waals surface area (Å²) < 4.78 is 37.2. The maximum Gasteiger partial charge on any atom is 0.325 e. The van der Waals surface area contributed by atoms with E-state index in [1.54, 1.807) is 18.3 Å². The lowest BCUT2D eigenvalue weighted by Gasteiger charge is -2.04. The van der Waals surface area contributed by atoms with Crippen LogP contribution in [0.1, 0.15) is 0 Å². The fraction of sp³-hybridized carbons (Fsp3) is 0.0588. The number of nitrogens with zero attached hydrogens (tertiary/aromatic N) is 2. The SMILES string of the molecule is NS(=O)(=O)c1ccc(-c2nn(CC(=O)O)cc2-c2ccc(F)cc2)cc1. The molecule has 0 amide bonds. The fourth-order valence-electron chi connectivity index (χ4n) is 2.50. The summed E-state index contributed by atoms with van der Waals surface area (Å²) in [4.78, 5) is 10.9. The number of aliphatic carboxylic acids is 1. The average molecular weight is 375 g/mol. The lowest BCUT2D eigenvalue weighted by atomic mass is 10.0. The first-order valence-corrected chi connectivity index (χ1v) is 8.97. The number of hydrogen-bond acceptors (Lipinski definition) is 4. The molecule has 1 heterocycles. The van der Waals surface area contributed by atoms with Gasteiger partial charge in [-0.05, 0) is 29.8 Å². The summed E-state index contributed by atoms with van der Waals surface area (Å²) in [5.41, 5.74) is 2.25. The second-order valence-corrected chi connectivity index (χ2v) is 7.12. The number of hydrogen-bond donors (Lipinski definition) is 2. The van der Waals surface area contributed by atoms with Gasteiger partial charge in [0.15, 0.2) is 0 Å². The average Bonchev–Trinajstić information content (AvgIpc) is 2.98. The molecular formula is C17H14FN3O4S. The number of carboxylic acid groups (broad SMARTS) is 1. The number of aromatic nitrogens is 2. The van der Waals surface area contributed by atoms with Crippen molar-refractivity contribution in [1.82, 2.24) is 9.78 Å². The molecular weight excluding hydrogens is 361 g/mol. The normalized spacial score (nSPS) is 11.5. The highest BCUT2D eigenvalue weighted by atomic mass is 32.2. The van der Waals surface area contributed by atoms with Crippen LogP contribution in [0.25, 0.3) is 22.4 Å². The third-order valence-corrected chi connectivity index (χ3v) is 4.60. The van der Waals surface area contributed by atoms with Gasteiger partial charge in [-0.1, -0.05) is 24.3 Å². The van der Waals surface area contributed by atoms with Gasteiger partial charge < -0.3 is 5.11 Å². The highest BCUT2D eigenvalue weighted by Crippen LogP contribution is 2.31. The van der Waals surface area contributed by atoms with Crippen LogP contribution in [-0.4, -0.2) is 29.3 Å². The van der Waals surface area contributed by atoms with Gasteiger partial charge in [0, 0.05) is 17.3 Å². The Balaban J connectivity index is 2.11. The summed E-state index contributed by atoms with van der Waals surface area (Å²) >= 11 is 0. The second kappa shape index (κ2) is 6.70. The van der Waals surface area contributed by atoms with Crippen molar-refractivity contribution in [2.45, 2.75) is 11.4 Å². The predicted molar refractivity (Wildman–Crippen MR) is 92.1 cm³/mol. The number of halogens is 1. The molecule has 1 aromatic heterocycles. The quantitative estimate of drug-likeness (QED) is 0.708. The molecule has 0 radical (unpaired) electrons. The first-order chi connectivity index (χ1) is 12.2. The van der Waals surface area contributed by atoms with Crippen molar-refractivity contribution in [3.8, 4) is 22.4 Å². The van der Waals surface area contributed by atoms with Crippen LogP contribution in [0.4, 0.5) is 4.39 Å². The molecule has 0 aliphatic heterocycles. The topological polar surface area (TPSA) is 115 Å². The van der Waals surface area contributed by atoms with Gasteiger partial charge in [-0.2, -0.15) is 5.10 Å². The molecule has 134 valence electrons. The molecule has 9 heteroatoms. The summed E-state index contributed by atoms with van der Waals surface area (Å²) in [6.45, 7) is -0.344. The Morgan fingerprint density at radius 1 is 1.08 bits per heavy atom. The monoisotopic (exact) mass is 375 g/mol. The Morgan fingerprint density at radius 3 is 2.19 bits per heavy atom. The molecule has 0 saturated carbocycles. The molecule has 0 aliphatic rings. The van der Waals surface area contributed by atoms with E-state index in [0.29, 0.717) is 22.4 Å². The highest BCUT2D eigenvalue weighted by Gasteiger charge is 2.16. The number of primary sulfonamides is 1. The van der Waals surface area contributed by atoms with Crippen molar-refractivity contribution < 1.29 is 22.7 Å². The molecule has 0 saturated heterocycles. The van der Waals surface area contributed by atoms with Crippen LogP contribution < -0.4 is 5.14 Å². The summed E-state index contributed by atoms with van der Waals surface area (Å²) in [5, 5.41) is 18.3. The maximum absolute atomic E-state index is 13.2. The molecule has 3 aromatic rings. The number of carboxylic acids is 1. The zero-order chi connectivity index (χ0) is 18.9. The lowest BCUT2D eigenvalue weighted by Crippen LogP contribution is -2.11. The molecule has 26 heavy (non-hydrogen) atoms. The van der Waals surface area contributed by atoms with E-state index in [4.69, 9.17) is 10.2 Å². The van der Waals surface area contributed by atoms with Crippen LogP contribution >= 0.6 is 0 Å². The Kier molecular flexibility index (Phi) is 4.58. The van der Waals surface area contributed by atoms with E-state index in [9.17, 15) is 17.6 Å². The van der Waals surface area contributed by atoms with Crippen LogP contribution in [0.15, 0.2) is 59.6 Å². The zero-order valence-electron chi connectivity index (χ0n) is 13.3. The summed E-state index contributed by atoms with van der Waals surface area (Å²) in [6, 6.07) is 11.4. The Morgan fingerprint density at radius 2 is 1.65 bits per heavy atom. The van der Waals surface area contributed by atoms with Crippen molar-refractivity contribution in [1.29, 1.82) is 0 Å². The van der Waals surface area contributed by atoms with Gasteiger partial charge in [0.25, 0.3) is 0 Å². The number of rotatable bonds is 5. The van der Waals surface area contributed by atoms with Crippen molar-refractivity contribution in [2.24, 2.45) is 5.14 Å². The molecule has 0 atom stereocenters. The summed E-state index contributed by atoms with van der Waals surface area (Å²) in [5.74, 6) is -1.46. The van der Waals surface area contributed by atoms with E-state index in [2.05, 4.69) is 5.10 Å². The van der Waals surface area contributed by atoms with E-state index in [1.165, 1.54) is 41.1 Å². The van der Waals surface area contributed by atoms with Crippen LogP contribution in [0.5, 0.6) is 0 Å². The van der Waals surface area contributed by atoms with Gasteiger partial charge in [-0.15, -0.1) is 0 Å². The van der Waals surface area contributed by atoms with Crippen LogP contribution in [-0.2, 0) is 21.4 Å². The van der Waals surface area contributed by atoms with Crippen LogP contribution in [0.3, 0.4) is 0 Å². The molecule has 3 N–H and O–H groups in total. The van der Waals surface area contributed by atoms with Crippen molar-refractivity contribution in [3.63, 3.8) is 0 Å². The molecule has 0 aliphatic carbocycles. The first-order valence-electron chi connectivity index (χ1n) is 7.42. The van der Waals surface area contributed by atoms with E-state index in [-0.39, 0.29) is 11.4 Å². The van der Waals surface area contributed by atoms with Gasteiger partial charge in [-0.3, -0.25) is 9.48 Å². The Hall–Kier alpha value is -3.04. The standard InChI is InChI=1S/C17H14FN3O4S/c18-13-5-1-11(2-6-13)15-9-21(10-16(22)23)20-17(15)12-3-7-14(8-4-12)26(19,24)25/h1-9H,10H2,(H,22,23)(H2,19,24,25). The number of nitrogens with two attached hydrogens (primary N) is 1. The smallest absolute Gasteiger partial charge is 0.325 e. The van der Waals surface area contributed by atoms with E-state index < -0.39 is 21.8 Å². The van der Waals surface area contributed by atoms with Gasteiger partial charge in [-0.25, -0.2) is 17.9 Å². The molecule has 0 bridgehead atoms. The van der Waals surface area contributed by atoms with Crippen LogP contribution in [0, 0.1) is 5.82 Å². The predicted octanol–water partition coefficient (Wildman–Crippen LogP) is 2.09. The third kappa shape index (κ3) is 3.79. The number of carbonyl (C=O) groups is 1. The molecule has 0 spiro atoms. The molecule has 0 fully saturated rings. The number of sulfonamides is 1. The Labute approximate surface area is 148 Å². The van der Waals surface area contributed by atoms with Crippen molar-refractivity contribution >= 4 is 16.0 Å². The largest absolute Gasteiger partial charge is 0.480 e. The minimum atomic E-state index is -3.82. The third-order valence-electron chi connectivity index (χ3n) is 3.67. The molecule has 2 aromatic carbocycles. The van der Waals surface area contributed by atoms with Crippen molar-refractivity contribution in [3.05, 3.63) is 60.5 Å². The summed E-state index contributed by atoms with van der Waals surface area (Å²) in [6.07, 6.45) is 1.55. The molecule has 7 nitrogen and oxygen atoms in total. The minimum Gasteiger partial charge on any atom is -0.480 e. The van der Waals surface area contributed by atoms with Crippen molar-refractivity contribution in [2.75, 3.05) is 0 Å². The zero-order valence-corrected chi connectivity index (χ0v) is 14.1. The Bertz CT molecular complexity index is 1060. The van der Waals surface area contributed by atoms with Crippen LogP contribution in [0.2, 0.25) is 0 Å². The maximum atomic E-state index is 13.2. The lowest BCUT2D eigenvalue weighted by molar-refractivity contribution is -0.137. The fourth-order valence-corrected chi connectivity index (χ4v) is 3.01. The number of benzene rings is 2. The van der Waals surface area contributed by atoms with Gasteiger partial charge >= 0.3 is 5.97 Å². The second-order valence-electron chi connectivity index (χ2n) is 5.56. The van der Waals surface area contributed by atoms with Gasteiger partial charge in [0.05, 0.1) is 4.90 Å². The summed E-state index contributed by atoms with van der Waals surface area (Å²) in [7, 11) is -3.82. The molecule has 0 unspecified atom stereocenters. The van der Waals surface area contributed by atoms with Gasteiger partial charge in [0.1, 0.15) is 18.1 Å². The van der Waals surface area contributed by atoms with E-state index in [1.807, 2.05) is 0 Å². The van der Waals surface area contributed by atoms with Gasteiger partial charge in [0.2, 0.25) is 10.0 Å². The van der Waals surface area contributed by atoms with E-state index in [0.717, 1.165) is 0 Å². The van der Waals surface area contributed by atoms with E-state index >= 15 is 0 Å². The minimum absolute atomic E-state index is 0.0467. The highest BCUT2D eigenvalue weighted by molar-refractivity contribution is 7.89.